The minimum atomic E-state index is 0.0567. The molecule has 0 aliphatic heterocycles. The van der Waals surface area contributed by atoms with E-state index in [-0.39, 0.29) is 5.54 Å². The first-order valence-corrected chi connectivity index (χ1v) is 6.92. The lowest BCUT2D eigenvalue weighted by atomic mass is 10.1. The number of nitrogens with zero attached hydrogens (tertiary/aromatic N) is 2. The number of aromatic nitrogens is 2. The van der Waals surface area contributed by atoms with Crippen LogP contribution in [0, 0.1) is 0 Å². The maximum Gasteiger partial charge on any atom is 0.124 e. The van der Waals surface area contributed by atoms with Gasteiger partial charge in [0.15, 0.2) is 0 Å². The predicted octanol–water partition coefficient (Wildman–Crippen LogP) is 2.78. The van der Waals surface area contributed by atoms with E-state index in [4.69, 9.17) is 9.47 Å². The van der Waals surface area contributed by atoms with E-state index < -0.39 is 0 Å². The monoisotopic (exact) mass is 289 g/mol. The molecule has 0 bridgehead atoms. The maximum atomic E-state index is 5.32. The van der Waals surface area contributed by atoms with Crippen molar-refractivity contribution in [1.82, 2.24) is 14.9 Å². The van der Waals surface area contributed by atoms with Crippen molar-refractivity contribution < 1.29 is 9.47 Å². The number of imidazole rings is 1. The zero-order valence-electron chi connectivity index (χ0n) is 13.3. The second kappa shape index (κ2) is 6.18. The topological polar surface area (TPSA) is 48.3 Å². The first-order valence-electron chi connectivity index (χ1n) is 6.92. The largest absolute Gasteiger partial charge is 0.497 e. The van der Waals surface area contributed by atoms with Gasteiger partial charge in [0.05, 0.1) is 31.9 Å². The van der Waals surface area contributed by atoms with Crippen molar-refractivity contribution in [3.63, 3.8) is 0 Å². The SMILES string of the molecule is COc1cc(OC)cc(-n2cncc2CNC(C)(C)C)c1. The van der Waals surface area contributed by atoms with Crippen LogP contribution in [-0.4, -0.2) is 29.3 Å². The van der Waals surface area contributed by atoms with Gasteiger partial charge < -0.3 is 19.4 Å². The van der Waals surface area contributed by atoms with E-state index in [1.807, 2.05) is 29.0 Å². The van der Waals surface area contributed by atoms with Crippen molar-refractivity contribution in [3.05, 3.63) is 36.4 Å². The lowest BCUT2D eigenvalue weighted by molar-refractivity contribution is 0.393. The van der Waals surface area contributed by atoms with Gasteiger partial charge in [0.2, 0.25) is 0 Å². The Bertz CT molecular complexity index is 578. The summed E-state index contributed by atoms with van der Waals surface area (Å²) < 4.78 is 12.7. The Balaban J connectivity index is 2.32. The molecule has 0 aliphatic carbocycles. The zero-order chi connectivity index (χ0) is 15.5. The highest BCUT2D eigenvalue weighted by Crippen LogP contribution is 2.25. The molecule has 1 heterocycles. The second-order valence-electron chi connectivity index (χ2n) is 5.93. The summed E-state index contributed by atoms with van der Waals surface area (Å²) in [5.74, 6) is 1.51. The van der Waals surface area contributed by atoms with Gasteiger partial charge in [-0.05, 0) is 20.8 Å². The molecular weight excluding hydrogens is 266 g/mol. The molecule has 0 radical (unpaired) electrons. The van der Waals surface area contributed by atoms with Crippen LogP contribution in [0.2, 0.25) is 0 Å². The van der Waals surface area contributed by atoms with E-state index in [9.17, 15) is 0 Å². The van der Waals surface area contributed by atoms with E-state index >= 15 is 0 Å². The first-order chi connectivity index (χ1) is 9.93. The van der Waals surface area contributed by atoms with Crippen LogP contribution in [-0.2, 0) is 6.54 Å². The molecule has 0 unspecified atom stereocenters. The molecule has 5 heteroatoms. The maximum absolute atomic E-state index is 5.32. The number of hydrogen-bond acceptors (Lipinski definition) is 4. The fraction of sp³-hybridized carbons (Fsp3) is 0.438. The number of ether oxygens (including phenoxy) is 2. The summed E-state index contributed by atoms with van der Waals surface area (Å²) in [5.41, 5.74) is 2.11. The van der Waals surface area contributed by atoms with E-state index in [1.54, 1.807) is 20.5 Å². The third kappa shape index (κ3) is 3.98. The average Bonchev–Trinajstić information content (AvgIpc) is 2.92. The van der Waals surface area contributed by atoms with Crippen LogP contribution in [0.3, 0.4) is 0 Å². The van der Waals surface area contributed by atoms with Crippen LogP contribution in [0.25, 0.3) is 5.69 Å². The number of nitrogens with one attached hydrogen (secondary N) is 1. The number of rotatable bonds is 5. The Morgan fingerprint density at radius 3 is 2.24 bits per heavy atom. The third-order valence-electron chi connectivity index (χ3n) is 3.13. The van der Waals surface area contributed by atoms with Gasteiger partial charge in [-0.2, -0.15) is 0 Å². The van der Waals surface area contributed by atoms with Crippen molar-refractivity contribution in [3.8, 4) is 17.2 Å². The molecule has 0 spiro atoms. The molecule has 2 rings (SSSR count). The minimum Gasteiger partial charge on any atom is -0.497 e. The molecule has 2 aromatic rings. The minimum absolute atomic E-state index is 0.0567. The smallest absolute Gasteiger partial charge is 0.124 e. The zero-order valence-corrected chi connectivity index (χ0v) is 13.3. The highest BCUT2D eigenvalue weighted by molar-refractivity contribution is 5.47. The van der Waals surface area contributed by atoms with Gasteiger partial charge in [0.25, 0.3) is 0 Å². The molecule has 5 nitrogen and oxygen atoms in total. The van der Waals surface area contributed by atoms with Crippen molar-refractivity contribution in [2.45, 2.75) is 32.9 Å². The van der Waals surface area contributed by atoms with E-state index in [1.165, 1.54) is 0 Å². The standard InChI is InChI=1S/C16H23N3O2/c1-16(2,3)18-10-13-9-17-11-19(13)12-6-14(20-4)8-15(7-12)21-5/h6-9,11,18H,10H2,1-5H3. The van der Waals surface area contributed by atoms with Crippen LogP contribution in [0.5, 0.6) is 11.5 Å². The van der Waals surface area contributed by atoms with Crippen LogP contribution in [0.1, 0.15) is 26.5 Å². The number of hydrogen-bond donors (Lipinski definition) is 1. The molecular formula is C16H23N3O2. The Morgan fingerprint density at radius 2 is 1.71 bits per heavy atom. The van der Waals surface area contributed by atoms with Gasteiger partial charge in [-0.15, -0.1) is 0 Å². The molecule has 1 N–H and O–H groups in total. The summed E-state index contributed by atoms with van der Waals surface area (Å²) in [6.07, 6.45) is 3.67. The van der Waals surface area contributed by atoms with Crippen molar-refractivity contribution >= 4 is 0 Å². The molecule has 0 aliphatic rings. The lowest BCUT2D eigenvalue weighted by Gasteiger charge is -2.21. The molecule has 0 atom stereocenters. The third-order valence-corrected chi connectivity index (χ3v) is 3.13. The molecule has 0 amide bonds. The quantitative estimate of drug-likeness (QED) is 0.919. The second-order valence-corrected chi connectivity index (χ2v) is 5.93. The summed E-state index contributed by atoms with van der Waals surface area (Å²) in [7, 11) is 3.29. The average molecular weight is 289 g/mol. The Labute approximate surface area is 125 Å². The fourth-order valence-electron chi connectivity index (χ4n) is 1.97. The molecule has 0 saturated carbocycles. The number of methoxy groups -OCH3 is 2. The normalized spacial score (nSPS) is 11.5. The highest BCUT2D eigenvalue weighted by Gasteiger charge is 2.12. The molecule has 1 aromatic heterocycles. The van der Waals surface area contributed by atoms with Gasteiger partial charge in [0, 0.05) is 36.5 Å². The molecule has 21 heavy (non-hydrogen) atoms. The summed E-state index contributed by atoms with van der Waals surface area (Å²) in [5, 5.41) is 3.47. The van der Waals surface area contributed by atoms with Gasteiger partial charge in [-0.25, -0.2) is 4.98 Å². The van der Waals surface area contributed by atoms with Gasteiger partial charge in [-0.3, -0.25) is 0 Å². The van der Waals surface area contributed by atoms with Crippen LogP contribution in [0.4, 0.5) is 0 Å². The summed E-state index contributed by atoms with van der Waals surface area (Å²) in [4.78, 5) is 4.25. The highest BCUT2D eigenvalue weighted by atomic mass is 16.5. The number of benzene rings is 1. The Kier molecular flexibility index (Phi) is 4.53. The summed E-state index contributed by atoms with van der Waals surface area (Å²) in [6, 6.07) is 5.78. The molecule has 0 fully saturated rings. The Hall–Kier alpha value is -2.01. The Morgan fingerprint density at radius 1 is 1.10 bits per heavy atom. The van der Waals surface area contributed by atoms with E-state index in [0.29, 0.717) is 0 Å². The fourth-order valence-corrected chi connectivity index (χ4v) is 1.97. The lowest BCUT2D eigenvalue weighted by Crippen LogP contribution is -2.35. The van der Waals surface area contributed by atoms with Crippen molar-refractivity contribution in [1.29, 1.82) is 0 Å². The summed E-state index contributed by atoms with van der Waals surface area (Å²) >= 11 is 0. The molecule has 114 valence electrons. The molecule has 1 aromatic carbocycles. The van der Waals surface area contributed by atoms with E-state index in [2.05, 4.69) is 31.1 Å². The van der Waals surface area contributed by atoms with Crippen LogP contribution in [0.15, 0.2) is 30.7 Å². The van der Waals surface area contributed by atoms with Crippen molar-refractivity contribution in [2.75, 3.05) is 14.2 Å². The van der Waals surface area contributed by atoms with Crippen molar-refractivity contribution in [2.24, 2.45) is 0 Å². The van der Waals surface area contributed by atoms with Crippen LogP contribution >= 0.6 is 0 Å². The van der Waals surface area contributed by atoms with E-state index in [0.717, 1.165) is 29.4 Å². The van der Waals surface area contributed by atoms with Gasteiger partial charge in [0.1, 0.15) is 11.5 Å². The first kappa shape index (κ1) is 15.4. The van der Waals surface area contributed by atoms with Crippen LogP contribution < -0.4 is 14.8 Å². The van der Waals surface area contributed by atoms with Gasteiger partial charge >= 0.3 is 0 Å². The predicted molar refractivity (Wildman–Crippen MR) is 83.3 cm³/mol. The molecule has 0 saturated heterocycles. The van der Waals surface area contributed by atoms with Gasteiger partial charge in [-0.1, -0.05) is 0 Å². The summed E-state index contributed by atoms with van der Waals surface area (Å²) in [6.45, 7) is 7.16.